The number of halogens is 1. The van der Waals surface area contributed by atoms with Crippen molar-refractivity contribution in [3.05, 3.63) is 66.6 Å². The number of benzene rings is 1. The van der Waals surface area contributed by atoms with Gasteiger partial charge in [0.25, 0.3) is 0 Å². The SMILES string of the molecule is CCCCNc1nccc(-c2c(-c3ccc(F)cc3)nc3n2C(COc2ncccn2)CC3)n1. The summed E-state index contributed by atoms with van der Waals surface area (Å²) in [6.45, 7) is 3.37. The van der Waals surface area contributed by atoms with Crippen molar-refractivity contribution in [3.8, 4) is 28.7 Å². The molecule has 4 heterocycles. The zero-order valence-corrected chi connectivity index (χ0v) is 19.0. The van der Waals surface area contributed by atoms with Gasteiger partial charge in [0.1, 0.15) is 18.2 Å². The molecule has 4 aromatic rings. The highest BCUT2D eigenvalue weighted by Gasteiger charge is 2.31. The number of rotatable bonds is 9. The Labute approximate surface area is 197 Å². The highest BCUT2D eigenvalue weighted by atomic mass is 19.1. The standard InChI is InChI=1S/C25H26FN7O/c1-2-3-12-27-24-28-15-11-20(31-24)23-22(17-5-7-18(26)8-6-17)32-21-10-9-19(33(21)23)16-34-25-29-13-4-14-30-25/h4-8,11,13-15,19H,2-3,9-10,12,16H2,1H3,(H,27,28,31). The molecule has 34 heavy (non-hydrogen) atoms. The minimum absolute atomic E-state index is 0.0435. The average molecular weight is 460 g/mol. The molecule has 1 aromatic carbocycles. The molecule has 1 atom stereocenters. The van der Waals surface area contributed by atoms with E-state index in [1.165, 1.54) is 12.1 Å². The number of unbranched alkanes of at least 4 members (excludes halogenated alkanes) is 1. The summed E-state index contributed by atoms with van der Waals surface area (Å²) < 4.78 is 21.7. The molecule has 1 unspecified atom stereocenters. The van der Waals surface area contributed by atoms with Crippen LogP contribution in [0.15, 0.2) is 55.0 Å². The Morgan fingerprint density at radius 3 is 2.68 bits per heavy atom. The summed E-state index contributed by atoms with van der Waals surface area (Å²) in [6, 6.07) is 10.4. The first-order valence-electron chi connectivity index (χ1n) is 11.6. The van der Waals surface area contributed by atoms with Gasteiger partial charge in [-0.3, -0.25) is 0 Å². The van der Waals surface area contributed by atoms with Crippen molar-refractivity contribution in [2.75, 3.05) is 18.5 Å². The smallest absolute Gasteiger partial charge is 0.316 e. The second-order valence-corrected chi connectivity index (χ2v) is 8.18. The van der Waals surface area contributed by atoms with E-state index in [4.69, 9.17) is 14.7 Å². The first-order valence-corrected chi connectivity index (χ1v) is 11.6. The van der Waals surface area contributed by atoms with Gasteiger partial charge in [0.05, 0.1) is 23.1 Å². The molecule has 0 bridgehead atoms. The van der Waals surface area contributed by atoms with E-state index >= 15 is 0 Å². The lowest BCUT2D eigenvalue weighted by Gasteiger charge is -2.17. The molecule has 0 saturated carbocycles. The Balaban J connectivity index is 1.53. The molecule has 174 valence electrons. The van der Waals surface area contributed by atoms with Crippen LogP contribution >= 0.6 is 0 Å². The maximum atomic E-state index is 13.6. The van der Waals surface area contributed by atoms with Crippen molar-refractivity contribution >= 4 is 5.95 Å². The zero-order chi connectivity index (χ0) is 23.3. The number of fused-ring (bicyclic) bond motifs is 1. The lowest BCUT2D eigenvalue weighted by atomic mass is 10.1. The molecule has 1 N–H and O–H groups in total. The predicted octanol–water partition coefficient (Wildman–Crippen LogP) is 4.71. The Hall–Kier alpha value is -3.88. The van der Waals surface area contributed by atoms with E-state index in [0.717, 1.165) is 60.7 Å². The number of hydrogen-bond donors (Lipinski definition) is 1. The molecular weight excluding hydrogens is 433 g/mol. The van der Waals surface area contributed by atoms with Gasteiger partial charge in [-0.15, -0.1) is 0 Å². The summed E-state index contributed by atoms with van der Waals surface area (Å²) in [7, 11) is 0. The van der Waals surface area contributed by atoms with E-state index in [1.807, 2.05) is 6.07 Å². The zero-order valence-electron chi connectivity index (χ0n) is 19.0. The van der Waals surface area contributed by atoms with Crippen molar-refractivity contribution in [2.24, 2.45) is 0 Å². The molecule has 0 radical (unpaired) electrons. The second-order valence-electron chi connectivity index (χ2n) is 8.18. The largest absolute Gasteiger partial charge is 0.461 e. The van der Waals surface area contributed by atoms with E-state index in [-0.39, 0.29) is 11.9 Å². The van der Waals surface area contributed by atoms with Gasteiger partial charge in [0, 0.05) is 37.1 Å². The van der Waals surface area contributed by atoms with Crippen molar-refractivity contribution in [3.63, 3.8) is 0 Å². The van der Waals surface area contributed by atoms with Crippen LogP contribution in [0.4, 0.5) is 10.3 Å². The number of ether oxygens (including phenoxy) is 1. The van der Waals surface area contributed by atoms with Gasteiger partial charge < -0.3 is 14.6 Å². The average Bonchev–Trinajstić information content (AvgIpc) is 3.44. The molecule has 5 rings (SSSR count). The third-order valence-corrected chi connectivity index (χ3v) is 5.83. The van der Waals surface area contributed by atoms with Crippen LogP contribution in [0, 0.1) is 5.82 Å². The molecule has 0 amide bonds. The van der Waals surface area contributed by atoms with Crippen LogP contribution in [-0.4, -0.2) is 42.6 Å². The number of nitrogens with zero attached hydrogens (tertiary/aromatic N) is 6. The van der Waals surface area contributed by atoms with E-state index in [2.05, 4.69) is 31.8 Å². The quantitative estimate of drug-likeness (QED) is 0.362. The molecule has 1 aliphatic rings. The van der Waals surface area contributed by atoms with Gasteiger partial charge in [-0.05, 0) is 49.2 Å². The minimum atomic E-state index is -0.282. The molecule has 9 heteroatoms. The third-order valence-electron chi connectivity index (χ3n) is 5.83. The first-order chi connectivity index (χ1) is 16.7. The minimum Gasteiger partial charge on any atom is -0.461 e. The summed E-state index contributed by atoms with van der Waals surface area (Å²) in [5.41, 5.74) is 3.25. The predicted molar refractivity (Wildman–Crippen MR) is 127 cm³/mol. The maximum Gasteiger partial charge on any atom is 0.316 e. The summed E-state index contributed by atoms with van der Waals surface area (Å²) >= 11 is 0. The van der Waals surface area contributed by atoms with Crippen LogP contribution in [0.5, 0.6) is 6.01 Å². The summed E-state index contributed by atoms with van der Waals surface area (Å²) in [6.07, 6.45) is 8.89. The van der Waals surface area contributed by atoms with Crippen molar-refractivity contribution < 1.29 is 9.13 Å². The van der Waals surface area contributed by atoms with Gasteiger partial charge in [-0.25, -0.2) is 29.3 Å². The lowest BCUT2D eigenvalue weighted by molar-refractivity contribution is 0.237. The number of anilines is 1. The Kier molecular flexibility index (Phi) is 6.42. The molecule has 8 nitrogen and oxygen atoms in total. The van der Waals surface area contributed by atoms with Gasteiger partial charge >= 0.3 is 6.01 Å². The lowest BCUT2D eigenvalue weighted by Crippen LogP contribution is -2.16. The number of hydrogen-bond acceptors (Lipinski definition) is 7. The van der Waals surface area contributed by atoms with Crippen LogP contribution in [-0.2, 0) is 6.42 Å². The Morgan fingerprint density at radius 1 is 1.06 bits per heavy atom. The Morgan fingerprint density at radius 2 is 1.88 bits per heavy atom. The van der Waals surface area contributed by atoms with Gasteiger partial charge in [0.2, 0.25) is 5.95 Å². The Bertz CT molecular complexity index is 1240. The number of aryl methyl sites for hydroxylation is 1. The van der Waals surface area contributed by atoms with Crippen molar-refractivity contribution in [1.82, 2.24) is 29.5 Å². The number of nitrogens with one attached hydrogen (secondary N) is 1. The number of aromatic nitrogens is 6. The third kappa shape index (κ3) is 4.59. The fourth-order valence-corrected chi connectivity index (χ4v) is 4.17. The maximum absolute atomic E-state index is 13.6. The molecular formula is C25H26FN7O. The molecule has 1 aliphatic heterocycles. The summed E-state index contributed by atoms with van der Waals surface area (Å²) in [5, 5.41) is 3.30. The van der Waals surface area contributed by atoms with E-state index < -0.39 is 0 Å². The normalized spacial score (nSPS) is 14.7. The van der Waals surface area contributed by atoms with Crippen LogP contribution < -0.4 is 10.1 Å². The molecule has 0 saturated heterocycles. The number of imidazole rings is 1. The molecule has 0 fully saturated rings. The fraction of sp³-hybridized carbons (Fsp3) is 0.320. The summed E-state index contributed by atoms with van der Waals surface area (Å²) in [5.74, 6) is 1.25. The fourth-order valence-electron chi connectivity index (χ4n) is 4.17. The highest BCUT2D eigenvalue weighted by Crippen LogP contribution is 2.39. The van der Waals surface area contributed by atoms with Gasteiger partial charge in [-0.1, -0.05) is 13.3 Å². The topological polar surface area (TPSA) is 90.6 Å². The molecule has 0 spiro atoms. The first kappa shape index (κ1) is 21.9. The van der Waals surface area contributed by atoms with Crippen LogP contribution in [0.25, 0.3) is 22.6 Å². The second kappa shape index (κ2) is 9.94. The highest BCUT2D eigenvalue weighted by molar-refractivity contribution is 5.78. The van der Waals surface area contributed by atoms with Crippen LogP contribution in [0.1, 0.15) is 38.1 Å². The monoisotopic (exact) mass is 459 g/mol. The van der Waals surface area contributed by atoms with Crippen molar-refractivity contribution in [1.29, 1.82) is 0 Å². The van der Waals surface area contributed by atoms with Crippen molar-refractivity contribution in [2.45, 2.75) is 38.6 Å². The molecule has 0 aliphatic carbocycles. The van der Waals surface area contributed by atoms with E-state index in [0.29, 0.717) is 18.6 Å². The van der Waals surface area contributed by atoms with E-state index in [1.54, 1.807) is 36.8 Å². The van der Waals surface area contributed by atoms with Crippen LogP contribution in [0.2, 0.25) is 0 Å². The molecule has 3 aromatic heterocycles. The van der Waals surface area contributed by atoms with Gasteiger partial charge in [0.15, 0.2) is 0 Å². The van der Waals surface area contributed by atoms with E-state index in [9.17, 15) is 4.39 Å². The van der Waals surface area contributed by atoms with Gasteiger partial charge in [-0.2, -0.15) is 0 Å². The van der Waals surface area contributed by atoms with Crippen LogP contribution in [0.3, 0.4) is 0 Å². The summed E-state index contributed by atoms with van der Waals surface area (Å²) in [4.78, 5) is 22.5.